The molecule has 1 aliphatic carbocycles. The van der Waals surface area contributed by atoms with Crippen LogP contribution in [-0.4, -0.2) is 31.0 Å². The molecule has 1 aromatic carbocycles. The van der Waals surface area contributed by atoms with Gasteiger partial charge in [0.1, 0.15) is 5.75 Å². The summed E-state index contributed by atoms with van der Waals surface area (Å²) in [7, 11) is 0. The lowest BCUT2D eigenvalue weighted by Crippen LogP contribution is -2.39. The number of nitrogens with two attached hydrogens (primary N) is 1. The number of ether oxygens (including phenoxy) is 1. The maximum Gasteiger partial charge on any atom is 0.239 e. The van der Waals surface area contributed by atoms with Crippen molar-refractivity contribution in [2.45, 2.75) is 31.9 Å². The monoisotopic (exact) mass is 291 g/mol. The molecule has 1 aromatic rings. The summed E-state index contributed by atoms with van der Waals surface area (Å²) in [6.07, 6.45) is 3.69. The number of carbonyl (C=O) groups is 2. The first kappa shape index (κ1) is 15.3. The molecule has 2 amide bonds. The van der Waals surface area contributed by atoms with Crippen LogP contribution in [0.25, 0.3) is 0 Å². The Balaban J connectivity index is 1.81. The van der Waals surface area contributed by atoms with E-state index in [9.17, 15) is 9.59 Å². The van der Waals surface area contributed by atoms with E-state index in [4.69, 9.17) is 10.5 Å². The average molecular weight is 291 g/mol. The van der Waals surface area contributed by atoms with Crippen molar-refractivity contribution < 1.29 is 14.3 Å². The highest BCUT2D eigenvalue weighted by Gasteiger charge is 2.20. The molecule has 0 aromatic heterocycles. The number of rotatable bonds is 7. The normalized spacial score (nSPS) is 14.1. The highest BCUT2D eigenvalue weighted by atomic mass is 16.5. The van der Waals surface area contributed by atoms with E-state index in [0.717, 1.165) is 24.2 Å². The van der Waals surface area contributed by atoms with Gasteiger partial charge in [-0.3, -0.25) is 9.59 Å². The fraction of sp³-hybridized carbons (Fsp3) is 0.467. The molecule has 0 bridgehead atoms. The van der Waals surface area contributed by atoms with Crippen LogP contribution in [0.2, 0.25) is 0 Å². The number of benzene rings is 1. The molecule has 0 atom stereocenters. The molecule has 0 radical (unpaired) electrons. The number of hydrogen-bond acceptors (Lipinski definition) is 4. The predicted molar refractivity (Wildman–Crippen MR) is 78.6 cm³/mol. The zero-order valence-corrected chi connectivity index (χ0v) is 11.9. The summed E-state index contributed by atoms with van der Waals surface area (Å²) in [5.74, 6) is 0.211. The van der Waals surface area contributed by atoms with Gasteiger partial charge in [-0.05, 0) is 25.3 Å². The third-order valence-electron chi connectivity index (χ3n) is 3.43. The Kier molecular flexibility index (Phi) is 5.57. The summed E-state index contributed by atoms with van der Waals surface area (Å²) < 4.78 is 5.89. The van der Waals surface area contributed by atoms with Crippen LogP contribution in [0.5, 0.6) is 5.75 Å². The lowest BCUT2D eigenvalue weighted by Gasteiger charge is -2.27. The minimum atomic E-state index is -0.348. The second kappa shape index (κ2) is 7.64. The van der Waals surface area contributed by atoms with Gasteiger partial charge in [-0.15, -0.1) is 0 Å². The molecule has 1 saturated carbocycles. The predicted octanol–water partition coefficient (Wildman–Crippen LogP) is 0.309. The van der Waals surface area contributed by atoms with E-state index in [1.165, 1.54) is 6.42 Å². The van der Waals surface area contributed by atoms with Gasteiger partial charge in [0.25, 0.3) is 0 Å². The Labute approximate surface area is 124 Å². The van der Waals surface area contributed by atoms with Crippen LogP contribution in [0.1, 0.15) is 24.8 Å². The van der Waals surface area contributed by atoms with Crippen molar-refractivity contribution >= 4 is 11.8 Å². The van der Waals surface area contributed by atoms with Crippen molar-refractivity contribution in [3.63, 3.8) is 0 Å². The summed E-state index contributed by atoms with van der Waals surface area (Å²) >= 11 is 0. The van der Waals surface area contributed by atoms with Gasteiger partial charge < -0.3 is 21.1 Å². The molecule has 114 valence electrons. The third-order valence-corrected chi connectivity index (χ3v) is 3.43. The topological polar surface area (TPSA) is 93.5 Å². The molecule has 0 spiro atoms. The SMILES string of the molecule is NCC(=O)NCC(=O)NCc1ccccc1OC1CCC1. The molecular weight excluding hydrogens is 270 g/mol. The van der Waals surface area contributed by atoms with Crippen molar-refractivity contribution in [1.29, 1.82) is 0 Å². The van der Waals surface area contributed by atoms with Gasteiger partial charge in [0, 0.05) is 12.1 Å². The molecule has 0 saturated heterocycles. The summed E-state index contributed by atoms with van der Waals surface area (Å²) in [4.78, 5) is 22.6. The third kappa shape index (κ3) is 4.75. The zero-order valence-electron chi connectivity index (χ0n) is 11.9. The molecule has 21 heavy (non-hydrogen) atoms. The van der Waals surface area contributed by atoms with Crippen LogP contribution in [0.4, 0.5) is 0 Å². The van der Waals surface area contributed by atoms with Crippen molar-refractivity contribution in [3.8, 4) is 5.75 Å². The van der Waals surface area contributed by atoms with Gasteiger partial charge in [0.15, 0.2) is 0 Å². The van der Waals surface area contributed by atoms with E-state index >= 15 is 0 Å². The molecule has 6 nitrogen and oxygen atoms in total. The second-order valence-corrected chi connectivity index (χ2v) is 5.04. The fourth-order valence-corrected chi connectivity index (χ4v) is 1.94. The highest BCUT2D eigenvalue weighted by Crippen LogP contribution is 2.27. The Morgan fingerprint density at radius 2 is 1.95 bits per heavy atom. The van der Waals surface area contributed by atoms with Crippen molar-refractivity contribution in [1.82, 2.24) is 10.6 Å². The van der Waals surface area contributed by atoms with Gasteiger partial charge in [0.05, 0.1) is 19.2 Å². The van der Waals surface area contributed by atoms with Crippen LogP contribution in [-0.2, 0) is 16.1 Å². The van der Waals surface area contributed by atoms with E-state index in [2.05, 4.69) is 10.6 Å². The first-order valence-electron chi connectivity index (χ1n) is 7.17. The number of para-hydroxylation sites is 1. The summed E-state index contributed by atoms with van der Waals surface area (Å²) in [5, 5.41) is 5.18. The van der Waals surface area contributed by atoms with Gasteiger partial charge in [-0.25, -0.2) is 0 Å². The van der Waals surface area contributed by atoms with Crippen LogP contribution >= 0.6 is 0 Å². The Morgan fingerprint density at radius 1 is 1.19 bits per heavy atom. The fourth-order valence-electron chi connectivity index (χ4n) is 1.94. The number of carbonyl (C=O) groups excluding carboxylic acids is 2. The van der Waals surface area contributed by atoms with E-state index in [1.807, 2.05) is 24.3 Å². The van der Waals surface area contributed by atoms with Crippen molar-refractivity contribution in [2.75, 3.05) is 13.1 Å². The lowest BCUT2D eigenvalue weighted by atomic mass is 9.96. The summed E-state index contributed by atoms with van der Waals surface area (Å²) in [6, 6.07) is 7.66. The molecule has 0 unspecified atom stereocenters. The molecule has 4 N–H and O–H groups in total. The quantitative estimate of drug-likeness (QED) is 0.674. The average Bonchev–Trinajstić information content (AvgIpc) is 2.47. The maximum atomic E-state index is 11.6. The smallest absolute Gasteiger partial charge is 0.239 e. The largest absolute Gasteiger partial charge is 0.490 e. The minimum absolute atomic E-state index is 0.0678. The highest BCUT2D eigenvalue weighted by molar-refractivity contribution is 5.85. The van der Waals surface area contributed by atoms with Crippen LogP contribution in [0.3, 0.4) is 0 Å². The molecular formula is C15H21N3O3. The van der Waals surface area contributed by atoms with Gasteiger partial charge in [-0.2, -0.15) is 0 Å². The van der Waals surface area contributed by atoms with Gasteiger partial charge in [0.2, 0.25) is 11.8 Å². The summed E-state index contributed by atoms with van der Waals surface area (Å²) in [5.41, 5.74) is 6.08. The van der Waals surface area contributed by atoms with Crippen molar-refractivity contribution in [2.24, 2.45) is 5.73 Å². The van der Waals surface area contributed by atoms with Crippen LogP contribution in [0, 0.1) is 0 Å². The Morgan fingerprint density at radius 3 is 2.62 bits per heavy atom. The van der Waals surface area contributed by atoms with E-state index in [1.54, 1.807) is 0 Å². The molecule has 2 rings (SSSR count). The first-order valence-corrected chi connectivity index (χ1v) is 7.17. The Bertz CT molecular complexity index is 501. The number of hydrogen-bond donors (Lipinski definition) is 3. The molecule has 6 heteroatoms. The molecule has 0 heterocycles. The number of nitrogens with one attached hydrogen (secondary N) is 2. The van der Waals surface area contributed by atoms with E-state index in [0.29, 0.717) is 12.6 Å². The Hall–Kier alpha value is -2.08. The van der Waals surface area contributed by atoms with Crippen molar-refractivity contribution in [3.05, 3.63) is 29.8 Å². The number of amides is 2. The second-order valence-electron chi connectivity index (χ2n) is 5.04. The standard InChI is InChI=1S/C15H21N3O3/c16-8-14(19)18-10-15(20)17-9-11-4-1-2-7-13(11)21-12-5-3-6-12/h1-2,4,7,12H,3,5-6,8-10,16H2,(H,17,20)(H,18,19). The molecule has 0 aliphatic heterocycles. The lowest BCUT2D eigenvalue weighted by molar-refractivity contribution is -0.125. The molecule has 1 aliphatic rings. The first-order chi connectivity index (χ1) is 10.2. The van der Waals surface area contributed by atoms with E-state index < -0.39 is 0 Å². The molecule has 1 fully saturated rings. The van der Waals surface area contributed by atoms with Crippen LogP contribution in [0.15, 0.2) is 24.3 Å². The van der Waals surface area contributed by atoms with Gasteiger partial charge in [-0.1, -0.05) is 18.2 Å². The zero-order chi connectivity index (χ0) is 15.1. The minimum Gasteiger partial charge on any atom is -0.490 e. The maximum absolute atomic E-state index is 11.6. The summed E-state index contributed by atoms with van der Waals surface area (Å²) in [6.45, 7) is 0.188. The van der Waals surface area contributed by atoms with Crippen LogP contribution < -0.4 is 21.1 Å². The van der Waals surface area contributed by atoms with E-state index in [-0.39, 0.29) is 24.9 Å². The van der Waals surface area contributed by atoms with Gasteiger partial charge >= 0.3 is 0 Å².